The average Bonchev–Trinajstić information content (AvgIpc) is 2.99. The van der Waals surface area contributed by atoms with E-state index in [9.17, 15) is 19.6 Å². The van der Waals surface area contributed by atoms with E-state index in [2.05, 4.69) is 28.0 Å². The van der Waals surface area contributed by atoms with Gasteiger partial charge in [0.15, 0.2) is 11.6 Å². The predicted molar refractivity (Wildman–Crippen MR) is 110 cm³/mol. The Morgan fingerprint density at radius 3 is 2.70 bits per heavy atom. The minimum absolute atomic E-state index is 0.0158. The third-order valence-electron chi connectivity index (χ3n) is 4.20. The molecule has 1 aliphatic heterocycles. The highest BCUT2D eigenvalue weighted by molar-refractivity contribution is 7.79. The van der Waals surface area contributed by atoms with Crippen LogP contribution in [0.1, 0.15) is 35.5 Å². The van der Waals surface area contributed by atoms with Crippen molar-refractivity contribution in [1.29, 1.82) is 5.26 Å². The number of rotatable bonds is 6. The van der Waals surface area contributed by atoms with Crippen molar-refractivity contribution >= 4 is 36.2 Å². The fourth-order valence-corrected chi connectivity index (χ4v) is 2.98. The largest absolute Gasteiger partial charge is 0.462 e. The van der Waals surface area contributed by atoms with Gasteiger partial charge in [-0.2, -0.15) is 22.9 Å². The van der Waals surface area contributed by atoms with Gasteiger partial charge in [-0.15, -0.1) is 0 Å². The summed E-state index contributed by atoms with van der Waals surface area (Å²) >= 11 is 4.22. The van der Waals surface area contributed by atoms with Crippen molar-refractivity contribution in [2.45, 2.75) is 19.6 Å². The Bertz CT molecular complexity index is 1120. The molecule has 0 saturated heterocycles. The Hall–Kier alpha value is -3.71. The quantitative estimate of drug-likeness (QED) is 0.412. The van der Waals surface area contributed by atoms with E-state index in [4.69, 9.17) is 4.74 Å². The van der Waals surface area contributed by atoms with Gasteiger partial charge in [0.2, 0.25) is 0 Å². The number of thiol groups is 1. The van der Waals surface area contributed by atoms with Crippen LogP contribution in [0.25, 0.3) is 11.4 Å². The summed E-state index contributed by atoms with van der Waals surface area (Å²) in [6.45, 7) is 3.46. The number of aromatic nitrogens is 2. The van der Waals surface area contributed by atoms with Crippen molar-refractivity contribution in [2.75, 3.05) is 12.0 Å². The second kappa shape index (κ2) is 8.75. The zero-order valence-electron chi connectivity index (χ0n) is 16.2. The fourth-order valence-electron chi connectivity index (χ4n) is 2.75. The van der Waals surface area contributed by atoms with Gasteiger partial charge in [0.25, 0.3) is 11.8 Å². The maximum absolute atomic E-state index is 12.2. The van der Waals surface area contributed by atoms with Crippen molar-refractivity contribution in [1.82, 2.24) is 15.0 Å². The van der Waals surface area contributed by atoms with Gasteiger partial charge in [0.1, 0.15) is 11.6 Å². The standard InChI is InChI=1S/C20H17N5O4S/c1-3-29-20(28)13-6-4-5-12(8-13)17-22-15(10-30)14(9-21)18(23-17)24-25-16(26)7-11(2)19(25)27/h4-8,30H,3,10H2,1-2H3,(H,22,23,24). The lowest BCUT2D eigenvalue weighted by molar-refractivity contribution is -0.135. The van der Waals surface area contributed by atoms with Gasteiger partial charge < -0.3 is 4.74 Å². The number of hydrazine groups is 1. The van der Waals surface area contributed by atoms with Crippen molar-refractivity contribution in [3.8, 4) is 17.5 Å². The number of nitrogens with zero attached hydrogens (tertiary/aromatic N) is 4. The van der Waals surface area contributed by atoms with E-state index in [-0.39, 0.29) is 35.1 Å². The van der Waals surface area contributed by atoms with Crippen LogP contribution < -0.4 is 5.43 Å². The third kappa shape index (κ3) is 4.01. The smallest absolute Gasteiger partial charge is 0.338 e. The molecule has 2 amide bonds. The first kappa shape index (κ1) is 21.0. The van der Waals surface area contributed by atoms with Crippen molar-refractivity contribution in [3.05, 3.63) is 52.7 Å². The lowest BCUT2D eigenvalue weighted by atomic mass is 10.1. The number of hydrogen-bond donors (Lipinski definition) is 2. The normalized spacial score (nSPS) is 13.1. The summed E-state index contributed by atoms with van der Waals surface area (Å²) in [7, 11) is 0. The Kier molecular flexibility index (Phi) is 6.13. The molecule has 2 aromatic rings. The molecule has 0 spiro atoms. The third-order valence-corrected chi connectivity index (χ3v) is 4.50. The van der Waals surface area contributed by atoms with Gasteiger partial charge in [-0.3, -0.25) is 15.0 Å². The lowest BCUT2D eigenvalue weighted by Gasteiger charge is -2.18. The number of anilines is 1. The zero-order valence-corrected chi connectivity index (χ0v) is 17.1. The van der Waals surface area contributed by atoms with E-state index in [1.807, 2.05) is 6.07 Å². The lowest BCUT2D eigenvalue weighted by Crippen LogP contribution is -2.37. The van der Waals surface area contributed by atoms with Crippen LogP contribution in [0.3, 0.4) is 0 Å². The first-order valence-corrected chi connectivity index (χ1v) is 9.55. The maximum Gasteiger partial charge on any atom is 0.338 e. The van der Waals surface area contributed by atoms with Crippen LogP contribution in [0.4, 0.5) is 5.82 Å². The van der Waals surface area contributed by atoms with Crippen LogP contribution in [0.5, 0.6) is 0 Å². The first-order chi connectivity index (χ1) is 14.4. The molecule has 0 aliphatic carbocycles. The molecular formula is C20H17N5O4S. The first-order valence-electron chi connectivity index (χ1n) is 8.92. The number of ether oxygens (including phenoxy) is 1. The monoisotopic (exact) mass is 423 g/mol. The number of benzene rings is 1. The molecule has 10 heteroatoms. The number of esters is 1. The molecule has 3 rings (SSSR count). The van der Waals surface area contributed by atoms with Crippen LogP contribution in [0.2, 0.25) is 0 Å². The highest BCUT2D eigenvalue weighted by Gasteiger charge is 2.30. The number of nitriles is 1. The molecule has 1 aromatic carbocycles. The molecule has 0 radical (unpaired) electrons. The van der Waals surface area contributed by atoms with Crippen molar-refractivity contribution < 1.29 is 19.1 Å². The van der Waals surface area contributed by atoms with Crippen LogP contribution in [-0.2, 0) is 20.1 Å². The van der Waals surface area contributed by atoms with Gasteiger partial charge in [-0.05, 0) is 26.0 Å². The van der Waals surface area contributed by atoms with Gasteiger partial charge in [0.05, 0.1) is 17.9 Å². The molecule has 9 nitrogen and oxygen atoms in total. The van der Waals surface area contributed by atoms with Crippen molar-refractivity contribution in [3.63, 3.8) is 0 Å². The van der Waals surface area contributed by atoms with Crippen LogP contribution in [-0.4, -0.2) is 39.4 Å². The van der Waals surface area contributed by atoms with E-state index < -0.39 is 17.8 Å². The molecule has 30 heavy (non-hydrogen) atoms. The van der Waals surface area contributed by atoms with Crippen molar-refractivity contribution in [2.24, 2.45) is 0 Å². The molecule has 152 valence electrons. The summed E-state index contributed by atoms with van der Waals surface area (Å²) in [5.41, 5.74) is 4.04. The minimum Gasteiger partial charge on any atom is -0.462 e. The number of carbonyl (C=O) groups is 3. The Morgan fingerprint density at radius 2 is 2.10 bits per heavy atom. The maximum atomic E-state index is 12.2. The number of imide groups is 1. The van der Waals surface area contributed by atoms with Crippen LogP contribution in [0, 0.1) is 11.3 Å². The molecule has 0 atom stereocenters. The molecular weight excluding hydrogens is 406 g/mol. The van der Waals surface area contributed by atoms with E-state index >= 15 is 0 Å². The summed E-state index contributed by atoms with van der Waals surface area (Å²) < 4.78 is 5.01. The van der Waals surface area contributed by atoms with Gasteiger partial charge in [-0.1, -0.05) is 12.1 Å². The molecule has 2 heterocycles. The van der Waals surface area contributed by atoms with Crippen LogP contribution >= 0.6 is 12.6 Å². The number of hydrogen-bond acceptors (Lipinski definition) is 9. The average molecular weight is 423 g/mol. The molecule has 1 aliphatic rings. The summed E-state index contributed by atoms with van der Waals surface area (Å²) in [6, 6.07) is 8.47. The number of nitrogens with one attached hydrogen (secondary N) is 1. The van der Waals surface area contributed by atoms with Gasteiger partial charge in [-0.25, -0.2) is 14.8 Å². The fraction of sp³-hybridized carbons (Fsp3) is 0.200. The Balaban J connectivity index is 2.06. The highest BCUT2D eigenvalue weighted by atomic mass is 32.1. The topological polar surface area (TPSA) is 125 Å². The number of amides is 2. The van der Waals surface area contributed by atoms with E-state index in [0.717, 1.165) is 5.01 Å². The molecule has 0 saturated carbocycles. The zero-order chi connectivity index (χ0) is 21.8. The Morgan fingerprint density at radius 1 is 1.33 bits per heavy atom. The van der Waals surface area contributed by atoms with Crippen LogP contribution in [0.15, 0.2) is 35.9 Å². The van der Waals surface area contributed by atoms with E-state index in [0.29, 0.717) is 16.8 Å². The summed E-state index contributed by atoms with van der Waals surface area (Å²) in [6.07, 6.45) is 1.19. The van der Waals surface area contributed by atoms with Gasteiger partial charge >= 0.3 is 5.97 Å². The SMILES string of the molecule is CCOC(=O)c1cccc(-c2nc(CS)c(C#N)c(NN3C(=O)C=C(C)C3=O)n2)c1. The Labute approximate surface area is 177 Å². The predicted octanol–water partition coefficient (Wildman–Crippen LogP) is 2.26. The molecule has 1 aromatic heterocycles. The summed E-state index contributed by atoms with van der Waals surface area (Å²) in [5, 5.41) is 10.3. The second-order valence-electron chi connectivity index (χ2n) is 6.21. The highest BCUT2D eigenvalue weighted by Crippen LogP contribution is 2.25. The summed E-state index contributed by atoms with van der Waals surface area (Å²) in [5.74, 6) is -1.31. The minimum atomic E-state index is -0.571. The number of carbonyl (C=O) groups excluding carboxylic acids is 3. The summed E-state index contributed by atoms with van der Waals surface area (Å²) in [4.78, 5) is 45.0. The van der Waals surface area contributed by atoms with Gasteiger partial charge in [0, 0.05) is 23.0 Å². The molecule has 0 unspecified atom stereocenters. The molecule has 0 bridgehead atoms. The second-order valence-corrected chi connectivity index (χ2v) is 6.52. The molecule has 0 fully saturated rings. The molecule has 1 N–H and O–H groups in total. The van der Waals surface area contributed by atoms with E-state index in [1.165, 1.54) is 13.0 Å². The van der Waals surface area contributed by atoms with E-state index in [1.54, 1.807) is 31.2 Å².